The molecule has 0 atom stereocenters. The number of nitrogens with two attached hydrogens (primary N) is 1. The summed E-state index contributed by atoms with van der Waals surface area (Å²) in [5.74, 6) is 1.01. The van der Waals surface area contributed by atoms with E-state index in [0.29, 0.717) is 22.6 Å². The van der Waals surface area contributed by atoms with Gasteiger partial charge in [0.1, 0.15) is 11.5 Å². The monoisotopic (exact) mass is 260 g/mol. The van der Waals surface area contributed by atoms with Gasteiger partial charge in [0, 0.05) is 15.7 Å². The highest BCUT2D eigenvalue weighted by atomic mass is 32.2. The Morgan fingerprint density at radius 3 is 2.33 bits per heavy atom. The fraction of sp³-hybridized carbons (Fsp3) is 0.308. The van der Waals surface area contributed by atoms with Crippen LogP contribution < -0.4 is 5.73 Å². The predicted molar refractivity (Wildman–Crippen MR) is 75.4 cm³/mol. The van der Waals surface area contributed by atoms with E-state index in [-0.39, 0.29) is 0 Å². The molecule has 1 aromatic heterocycles. The van der Waals surface area contributed by atoms with Crippen molar-refractivity contribution < 1.29 is 0 Å². The van der Waals surface area contributed by atoms with E-state index in [9.17, 15) is 0 Å². The molecule has 5 heteroatoms. The van der Waals surface area contributed by atoms with Crippen LogP contribution in [0.4, 0.5) is 5.82 Å². The zero-order chi connectivity index (χ0) is 13.1. The lowest BCUT2D eigenvalue weighted by Gasteiger charge is -2.07. The van der Waals surface area contributed by atoms with Crippen LogP contribution in [0.2, 0.25) is 0 Å². The van der Waals surface area contributed by atoms with Crippen LogP contribution in [0.25, 0.3) is 11.3 Å². The molecule has 0 saturated heterocycles. The van der Waals surface area contributed by atoms with Crippen LogP contribution in [-0.2, 0) is 0 Å². The lowest BCUT2D eigenvalue weighted by Crippen LogP contribution is -2.01. The summed E-state index contributed by atoms with van der Waals surface area (Å²) in [6.45, 7) is 6.12. The van der Waals surface area contributed by atoms with E-state index >= 15 is 0 Å². The Morgan fingerprint density at radius 2 is 1.78 bits per heavy atom. The molecule has 1 aromatic carbocycles. The molecule has 2 N–H and O–H groups in total. The number of rotatable bonds is 3. The van der Waals surface area contributed by atoms with Gasteiger partial charge in [0.25, 0.3) is 0 Å². The molecule has 0 amide bonds. The van der Waals surface area contributed by atoms with Gasteiger partial charge in [0.2, 0.25) is 0 Å². The first-order chi connectivity index (χ1) is 8.56. The first-order valence-electron chi connectivity index (χ1n) is 5.80. The molecule has 0 bridgehead atoms. The Balaban J connectivity index is 2.28. The van der Waals surface area contributed by atoms with Crippen LogP contribution in [-0.4, -0.2) is 20.4 Å². The van der Waals surface area contributed by atoms with E-state index in [1.165, 1.54) is 4.90 Å². The van der Waals surface area contributed by atoms with Gasteiger partial charge in [-0.3, -0.25) is 0 Å². The molecule has 0 unspecified atom stereocenters. The van der Waals surface area contributed by atoms with E-state index in [0.717, 1.165) is 5.56 Å². The first-order valence-corrected chi connectivity index (χ1v) is 6.68. The van der Waals surface area contributed by atoms with Crippen molar-refractivity contribution in [1.82, 2.24) is 15.2 Å². The fourth-order valence-electron chi connectivity index (χ4n) is 1.59. The fourth-order valence-corrected chi connectivity index (χ4v) is 2.43. The largest absolute Gasteiger partial charge is 0.382 e. The lowest BCUT2D eigenvalue weighted by atomic mass is 10.1. The Kier molecular flexibility index (Phi) is 3.81. The molecule has 0 saturated carbocycles. The van der Waals surface area contributed by atoms with Crippen LogP contribution in [0.1, 0.15) is 19.7 Å². The van der Waals surface area contributed by atoms with Gasteiger partial charge in [-0.1, -0.05) is 26.0 Å². The summed E-state index contributed by atoms with van der Waals surface area (Å²) in [5, 5.41) is 8.61. The minimum Gasteiger partial charge on any atom is -0.382 e. The topological polar surface area (TPSA) is 64.7 Å². The van der Waals surface area contributed by atoms with Crippen molar-refractivity contribution in [3.63, 3.8) is 0 Å². The zero-order valence-electron chi connectivity index (χ0n) is 10.7. The number of anilines is 1. The Labute approximate surface area is 111 Å². The van der Waals surface area contributed by atoms with Crippen molar-refractivity contribution >= 4 is 17.6 Å². The molecule has 1 heterocycles. The molecule has 94 valence electrons. The van der Waals surface area contributed by atoms with E-state index < -0.39 is 0 Å². The molecular formula is C13H16N4S. The van der Waals surface area contributed by atoms with Crippen molar-refractivity contribution in [3.05, 3.63) is 30.1 Å². The van der Waals surface area contributed by atoms with Gasteiger partial charge >= 0.3 is 0 Å². The van der Waals surface area contributed by atoms with E-state index in [4.69, 9.17) is 5.73 Å². The van der Waals surface area contributed by atoms with Crippen LogP contribution in [0.3, 0.4) is 0 Å². The molecule has 4 nitrogen and oxygen atoms in total. The van der Waals surface area contributed by atoms with Crippen LogP contribution >= 0.6 is 11.8 Å². The number of nitrogens with zero attached hydrogens (tertiary/aromatic N) is 3. The molecule has 0 aliphatic rings. The summed E-state index contributed by atoms with van der Waals surface area (Å²) in [7, 11) is 0. The van der Waals surface area contributed by atoms with Gasteiger partial charge < -0.3 is 5.73 Å². The Hall–Kier alpha value is -1.62. The number of aromatic nitrogens is 3. The smallest absolute Gasteiger partial charge is 0.154 e. The van der Waals surface area contributed by atoms with E-state index in [1.54, 1.807) is 6.92 Å². The molecular weight excluding hydrogens is 244 g/mol. The van der Waals surface area contributed by atoms with Gasteiger partial charge in [0.15, 0.2) is 5.82 Å². The minimum atomic E-state index is 0.423. The predicted octanol–water partition coefficient (Wildman–Crippen LogP) is 2.93. The van der Waals surface area contributed by atoms with Gasteiger partial charge in [0.05, 0.1) is 0 Å². The summed E-state index contributed by atoms with van der Waals surface area (Å²) < 4.78 is 0. The van der Waals surface area contributed by atoms with Gasteiger partial charge in [-0.15, -0.1) is 22.0 Å². The standard InChI is InChI=1S/C13H16N4S/c1-8(2)18-11-6-4-10(5-7-11)12-13(14)15-9(3)16-17-12/h4-8H,1-3H3,(H2,14,15,16). The number of nitrogen functional groups attached to an aromatic ring is 1. The quantitative estimate of drug-likeness (QED) is 0.860. The number of hydrogen-bond donors (Lipinski definition) is 1. The van der Waals surface area contributed by atoms with Gasteiger partial charge in [-0.25, -0.2) is 4.98 Å². The van der Waals surface area contributed by atoms with Gasteiger partial charge in [-0.2, -0.15) is 0 Å². The van der Waals surface area contributed by atoms with Crippen molar-refractivity contribution in [3.8, 4) is 11.3 Å². The lowest BCUT2D eigenvalue weighted by molar-refractivity contribution is 0.920. The highest BCUT2D eigenvalue weighted by Gasteiger charge is 2.07. The molecule has 0 aliphatic heterocycles. The molecule has 0 fully saturated rings. The number of benzene rings is 1. The second-order valence-electron chi connectivity index (χ2n) is 4.28. The second-order valence-corrected chi connectivity index (χ2v) is 5.93. The SMILES string of the molecule is Cc1nnc(-c2ccc(SC(C)C)cc2)c(N)n1. The molecule has 2 aromatic rings. The normalized spacial score (nSPS) is 10.9. The maximum atomic E-state index is 5.85. The highest BCUT2D eigenvalue weighted by molar-refractivity contribution is 7.99. The number of hydrogen-bond acceptors (Lipinski definition) is 5. The average Bonchev–Trinajstić information content (AvgIpc) is 2.30. The summed E-state index contributed by atoms with van der Waals surface area (Å²) in [5.41, 5.74) is 7.44. The van der Waals surface area contributed by atoms with Crippen LogP contribution in [0.15, 0.2) is 29.2 Å². The highest BCUT2D eigenvalue weighted by Crippen LogP contribution is 2.27. The van der Waals surface area contributed by atoms with Gasteiger partial charge in [-0.05, 0) is 19.1 Å². The number of aryl methyl sites for hydroxylation is 1. The van der Waals surface area contributed by atoms with E-state index in [1.807, 2.05) is 23.9 Å². The summed E-state index contributed by atoms with van der Waals surface area (Å²) in [4.78, 5) is 5.36. The molecule has 0 aliphatic carbocycles. The van der Waals surface area contributed by atoms with Crippen molar-refractivity contribution in [1.29, 1.82) is 0 Å². The Bertz CT molecular complexity index is 537. The third-order valence-electron chi connectivity index (χ3n) is 2.32. The number of thioether (sulfide) groups is 1. The maximum absolute atomic E-state index is 5.85. The third-order valence-corrected chi connectivity index (χ3v) is 3.33. The minimum absolute atomic E-state index is 0.423. The summed E-state index contributed by atoms with van der Waals surface area (Å²) in [6.07, 6.45) is 0. The molecule has 2 rings (SSSR count). The first kappa shape index (κ1) is 12.8. The maximum Gasteiger partial charge on any atom is 0.154 e. The Morgan fingerprint density at radius 1 is 1.11 bits per heavy atom. The van der Waals surface area contributed by atoms with E-state index in [2.05, 4.69) is 41.2 Å². The third kappa shape index (κ3) is 2.98. The average molecular weight is 260 g/mol. The van der Waals surface area contributed by atoms with Crippen LogP contribution in [0.5, 0.6) is 0 Å². The van der Waals surface area contributed by atoms with Crippen molar-refractivity contribution in [2.45, 2.75) is 30.9 Å². The molecule has 0 radical (unpaired) electrons. The molecule has 0 spiro atoms. The summed E-state index contributed by atoms with van der Waals surface area (Å²) in [6, 6.07) is 8.14. The second kappa shape index (κ2) is 5.35. The van der Waals surface area contributed by atoms with Crippen LogP contribution in [0, 0.1) is 6.92 Å². The summed E-state index contributed by atoms with van der Waals surface area (Å²) >= 11 is 1.83. The van der Waals surface area contributed by atoms with Crippen molar-refractivity contribution in [2.75, 3.05) is 5.73 Å². The van der Waals surface area contributed by atoms with Crippen molar-refractivity contribution in [2.24, 2.45) is 0 Å². The zero-order valence-corrected chi connectivity index (χ0v) is 11.5. The molecule has 18 heavy (non-hydrogen) atoms.